The molecular formula is C13H15ClFNO4S. The summed E-state index contributed by atoms with van der Waals surface area (Å²) in [4.78, 5) is 22.0. The van der Waals surface area contributed by atoms with Crippen LogP contribution in [0.4, 0.5) is 4.39 Å². The molecule has 0 heterocycles. The Morgan fingerprint density at radius 3 is 2.86 bits per heavy atom. The third-order valence-electron chi connectivity index (χ3n) is 2.34. The Labute approximate surface area is 130 Å². The van der Waals surface area contributed by atoms with Gasteiger partial charge in [-0.3, -0.25) is 9.59 Å². The summed E-state index contributed by atoms with van der Waals surface area (Å²) in [5.41, 5.74) is 0. The van der Waals surface area contributed by atoms with Crippen molar-refractivity contribution in [2.45, 2.75) is 13.0 Å². The highest BCUT2D eigenvalue weighted by atomic mass is 35.5. The summed E-state index contributed by atoms with van der Waals surface area (Å²) in [6.45, 7) is 1.88. The SMILES string of the molecule is CC(Oc1ccc(F)cc1Cl)C(=O)NCCSCC(=O)O. The Balaban J connectivity index is 2.35. The maximum Gasteiger partial charge on any atom is 0.313 e. The van der Waals surface area contributed by atoms with E-state index < -0.39 is 17.9 Å². The van der Waals surface area contributed by atoms with E-state index in [-0.39, 0.29) is 22.4 Å². The molecule has 0 aliphatic carbocycles. The largest absolute Gasteiger partial charge is 0.481 e. The molecule has 21 heavy (non-hydrogen) atoms. The smallest absolute Gasteiger partial charge is 0.313 e. The second kappa shape index (κ2) is 8.74. The van der Waals surface area contributed by atoms with Gasteiger partial charge in [0.2, 0.25) is 0 Å². The summed E-state index contributed by atoms with van der Waals surface area (Å²) in [5, 5.41) is 11.2. The zero-order valence-electron chi connectivity index (χ0n) is 11.3. The Morgan fingerprint density at radius 1 is 1.52 bits per heavy atom. The third-order valence-corrected chi connectivity index (χ3v) is 3.58. The fourth-order valence-electron chi connectivity index (χ4n) is 1.36. The van der Waals surface area contributed by atoms with Crippen LogP contribution in [-0.2, 0) is 9.59 Å². The van der Waals surface area contributed by atoms with Crippen LogP contribution in [0.5, 0.6) is 5.75 Å². The highest BCUT2D eigenvalue weighted by Gasteiger charge is 2.15. The van der Waals surface area contributed by atoms with E-state index in [2.05, 4.69) is 5.32 Å². The van der Waals surface area contributed by atoms with Gasteiger partial charge < -0.3 is 15.2 Å². The molecule has 1 atom stereocenters. The molecule has 116 valence electrons. The van der Waals surface area contributed by atoms with E-state index in [1.54, 1.807) is 6.92 Å². The van der Waals surface area contributed by atoms with Gasteiger partial charge in [-0.05, 0) is 25.1 Å². The zero-order chi connectivity index (χ0) is 15.8. The van der Waals surface area contributed by atoms with Crippen LogP contribution in [0.25, 0.3) is 0 Å². The van der Waals surface area contributed by atoms with Crippen LogP contribution < -0.4 is 10.1 Å². The molecule has 0 bridgehead atoms. The van der Waals surface area contributed by atoms with Gasteiger partial charge >= 0.3 is 5.97 Å². The molecule has 1 aromatic rings. The van der Waals surface area contributed by atoms with E-state index in [9.17, 15) is 14.0 Å². The van der Waals surface area contributed by atoms with E-state index in [0.29, 0.717) is 12.3 Å². The monoisotopic (exact) mass is 335 g/mol. The number of halogens is 2. The van der Waals surface area contributed by atoms with Crippen molar-refractivity contribution in [3.63, 3.8) is 0 Å². The molecule has 2 N–H and O–H groups in total. The number of carboxylic acids is 1. The van der Waals surface area contributed by atoms with E-state index in [1.165, 1.54) is 23.9 Å². The molecule has 1 unspecified atom stereocenters. The lowest BCUT2D eigenvalue weighted by atomic mass is 10.3. The minimum atomic E-state index is -0.894. The van der Waals surface area contributed by atoms with Crippen LogP contribution in [0.2, 0.25) is 5.02 Å². The number of nitrogens with one attached hydrogen (secondary N) is 1. The number of thioether (sulfide) groups is 1. The van der Waals surface area contributed by atoms with Crippen molar-refractivity contribution >= 4 is 35.2 Å². The third kappa shape index (κ3) is 6.68. The average molecular weight is 336 g/mol. The summed E-state index contributed by atoms with van der Waals surface area (Å²) < 4.78 is 18.2. The van der Waals surface area contributed by atoms with Crippen molar-refractivity contribution in [3.05, 3.63) is 29.0 Å². The summed E-state index contributed by atoms with van der Waals surface area (Å²) in [5.74, 6) is -1.03. The number of rotatable bonds is 8. The highest BCUT2D eigenvalue weighted by Crippen LogP contribution is 2.25. The van der Waals surface area contributed by atoms with Crippen molar-refractivity contribution in [3.8, 4) is 5.75 Å². The highest BCUT2D eigenvalue weighted by molar-refractivity contribution is 7.99. The molecule has 1 aromatic carbocycles. The van der Waals surface area contributed by atoms with Crippen LogP contribution in [0, 0.1) is 5.82 Å². The summed E-state index contributed by atoms with van der Waals surface area (Å²) in [7, 11) is 0. The summed E-state index contributed by atoms with van der Waals surface area (Å²) in [6, 6.07) is 3.64. The van der Waals surface area contributed by atoms with Gasteiger partial charge in [0.05, 0.1) is 10.8 Å². The van der Waals surface area contributed by atoms with Gasteiger partial charge in [-0.15, -0.1) is 11.8 Å². The second-order valence-electron chi connectivity index (χ2n) is 4.07. The van der Waals surface area contributed by atoms with Crippen LogP contribution in [0.3, 0.4) is 0 Å². The fraction of sp³-hybridized carbons (Fsp3) is 0.385. The molecule has 1 rings (SSSR count). The number of carbonyl (C=O) groups is 2. The van der Waals surface area contributed by atoms with Gasteiger partial charge in [-0.1, -0.05) is 11.6 Å². The fourth-order valence-corrected chi connectivity index (χ4v) is 2.14. The lowest BCUT2D eigenvalue weighted by Gasteiger charge is -2.15. The molecule has 0 aliphatic heterocycles. The molecular weight excluding hydrogens is 321 g/mol. The van der Waals surface area contributed by atoms with Gasteiger partial charge in [-0.25, -0.2) is 4.39 Å². The van der Waals surface area contributed by atoms with Crippen LogP contribution in [0.1, 0.15) is 6.92 Å². The molecule has 5 nitrogen and oxygen atoms in total. The number of hydrogen-bond acceptors (Lipinski definition) is 4. The first-order valence-corrected chi connectivity index (χ1v) is 7.62. The van der Waals surface area contributed by atoms with Gasteiger partial charge in [0.1, 0.15) is 11.6 Å². The summed E-state index contributed by atoms with van der Waals surface area (Å²) in [6.07, 6.45) is -0.794. The number of aliphatic carboxylic acids is 1. The van der Waals surface area contributed by atoms with E-state index in [0.717, 1.165) is 6.07 Å². The Morgan fingerprint density at radius 2 is 2.24 bits per heavy atom. The molecule has 0 saturated carbocycles. The number of carbonyl (C=O) groups excluding carboxylic acids is 1. The Hall–Kier alpha value is -1.47. The van der Waals surface area contributed by atoms with Gasteiger partial charge in [0, 0.05) is 12.3 Å². The lowest BCUT2D eigenvalue weighted by molar-refractivity contribution is -0.134. The van der Waals surface area contributed by atoms with Crippen molar-refractivity contribution in [2.24, 2.45) is 0 Å². The first-order valence-electron chi connectivity index (χ1n) is 6.09. The van der Waals surface area contributed by atoms with Crippen molar-refractivity contribution in [1.82, 2.24) is 5.32 Å². The molecule has 0 aromatic heterocycles. The minimum absolute atomic E-state index is 0.00683. The molecule has 1 amide bonds. The van der Waals surface area contributed by atoms with Crippen LogP contribution >= 0.6 is 23.4 Å². The van der Waals surface area contributed by atoms with Gasteiger partial charge in [-0.2, -0.15) is 0 Å². The maximum absolute atomic E-state index is 12.9. The zero-order valence-corrected chi connectivity index (χ0v) is 12.8. The Kier molecular flexibility index (Phi) is 7.31. The van der Waals surface area contributed by atoms with Crippen molar-refractivity contribution in [1.29, 1.82) is 0 Å². The first kappa shape index (κ1) is 17.6. The normalized spacial score (nSPS) is 11.8. The van der Waals surface area contributed by atoms with Gasteiger partial charge in [0.15, 0.2) is 6.10 Å². The number of benzene rings is 1. The molecule has 0 saturated heterocycles. The van der Waals surface area contributed by atoms with Crippen molar-refractivity contribution in [2.75, 3.05) is 18.1 Å². The molecule has 0 aliphatic rings. The minimum Gasteiger partial charge on any atom is -0.481 e. The first-order chi connectivity index (χ1) is 9.90. The average Bonchev–Trinajstić information content (AvgIpc) is 2.40. The number of carboxylic acid groups (broad SMARTS) is 1. The van der Waals surface area contributed by atoms with Crippen LogP contribution in [-0.4, -0.2) is 41.1 Å². The topological polar surface area (TPSA) is 75.6 Å². The predicted molar refractivity (Wildman–Crippen MR) is 79.5 cm³/mol. The molecule has 0 radical (unpaired) electrons. The second-order valence-corrected chi connectivity index (χ2v) is 5.58. The molecule has 0 spiro atoms. The number of amides is 1. The Bertz CT molecular complexity index is 515. The summed E-state index contributed by atoms with van der Waals surface area (Å²) >= 11 is 7.00. The lowest BCUT2D eigenvalue weighted by Crippen LogP contribution is -2.37. The van der Waals surface area contributed by atoms with Crippen molar-refractivity contribution < 1.29 is 23.8 Å². The van der Waals surface area contributed by atoms with E-state index >= 15 is 0 Å². The van der Waals surface area contributed by atoms with Gasteiger partial charge in [0.25, 0.3) is 5.91 Å². The molecule has 8 heteroatoms. The van der Waals surface area contributed by atoms with Crippen LogP contribution in [0.15, 0.2) is 18.2 Å². The number of hydrogen-bond donors (Lipinski definition) is 2. The predicted octanol–water partition coefficient (Wildman–Crippen LogP) is 2.18. The van der Waals surface area contributed by atoms with E-state index in [1.807, 2.05) is 0 Å². The molecule has 0 fully saturated rings. The quantitative estimate of drug-likeness (QED) is 0.712. The van der Waals surface area contributed by atoms with E-state index in [4.69, 9.17) is 21.4 Å². The standard InChI is InChI=1S/C13H15ClFNO4S/c1-8(13(19)16-4-5-21-7-12(17)18)20-11-3-2-9(15)6-10(11)14/h2-3,6,8H,4-5,7H2,1H3,(H,16,19)(H,17,18). The maximum atomic E-state index is 12.9. The number of ether oxygens (including phenoxy) is 1.